The SMILES string of the molecule is COc1ccc(NC(=O)c2cc(C)nc3cc(C)nn23)cc1OCc1ccc2ccccc2n1. The second kappa shape index (κ2) is 8.82. The Kier molecular flexibility index (Phi) is 5.55. The van der Waals surface area contributed by atoms with E-state index in [0.717, 1.165) is 28.0 Å². The molecule has 5 rings (SSSR count). The number of pyridine rings is 1. The first-order chi connectivity index (χ1) is 16.5. The van der Waals surface area contributed by atoms with Crippen LogP contribution in [0.5, 0.6) is 11.5 Å². The smallest absolute Gasteiger partial charge is 0.274 e. The van der Waals surface area contributed by atoms with Gasteiger partial charge in [0.05, 0.1) is 24.0 Å². The van der Waals surface area contributed by atoms with Crippen LogP contribution in [0.2, 0.25) is 0 Å². The lowest BCUT2D eigenvalue weighted by molar-refractivity contribution is 0.101. The van der Waals surface area contributed by atoms with Gasteiger partial charge in [-0.1, -0.05) is 24.3 Å². The van der Waals surface area contributed by atoms with Gasteiger partial charge in [-0.15, -0.1) is 0 Å². The lowest BCUT2D eigenvalue weighted by Gasteiger charge is -2.13. The lowest BCUT2D eigenvalue weighted by Crippen LogP contribution is -2.17. The Morgan fingerprint density at radius 2 is 1.79 bits per heavy atom. The first kappa shape index (κ1) is 21.4. The Morgan fingerprint density at radius 1 is 0.941 bits per heavy atom. The van der Waals surface area contributed by atoms with Crippen LogP contribution in [0.1, 0.15) is 27.6 Å². The molecule has 0 fully saturated rings. The van der Waals surface area contributed by atoms with Crippen LogP contribution >= 0.6 is 0 Å². The number of hydrogen-bond acceptors (Lipinski definition) is 6. The number of aryl methyl sites for hydroxylation is 2. The molecule has 0 atom stereocenters. The minimum Gasteiger partial charge on any atom is -0.493 e. The van der Waals surface area contributed by atoms with E-state index in [0.29, 0.717) is 28.5 Å². The second-order valence-corrected chi connectivity index (χ2v) is 7.94. The molecule has 170 valence electrons. The van der Waals surface area contributed by atoms with E-state index in [1.165, 1.54) is 0 Å². The van der Waals surface area contributed by atoms with Crippen molar-refractivity contribution in [3.63, 3.8) is 0 Å². The highest BCUT2D eigenvalue weighted by Gasteiger charge is 2.16. The molecule has 8 heteroatoms. The third kappa shape index (κ3) is 4.25. The molecule has 0 unspecified atom stereocenters. The van der Waals surface area contributed by atoms with Crippen molar-refractivity contribution >= 4 is 28.1 Å². The van der Waals surface area contributed by atoms with E-state index in [4.69, 9.17) is 9.47 Å². The van der Waals surface area contributed by atoms with Gasteiger partial charge in [0.15, 0.2) is 17.1 Å². The number of rotatable bonds is 6. The van der Waals surface area contributed by atoms with Crippen molar-refractivity contribution in [2.75, 3.05) is 12.4 Å². The van der Waals surface area contributed by atoms with Crippen LogP contribution in [0.3, 0.4) is 0 Å². The van der Waals surface area contributed by atoms with Crippen LogP contribution in [0.15, 0.2) is 66.7 Å². The quantitative estimate of drug-likeness (QED) is 0.400. The van der Waals surface area contributed by atoms with E-state index < -0.39 is 0 Å². The zero-order valence-electron chi connectivity index (χ0n) is 19.1. The zero-order valence-corrected chi connectivity index (χ0v) is 19.1. The number of amides is 1. The Bertz CT molecular complexity index is 1530. The molecule has 2 aromatic carbocycles. The molecule has 5 aromatic rings. The predicted molar refractivity (Wildman–Crippen MR) is 129 cm³/mol. The molecule has 8 nitrogen and oxygen atoms in total. The number of aromatic nitrogens is 4. The fourth-order valence-corrected chi connectivity index (χ4v) is 3.78. The summed E-state index contributed by atoms with van der Waals surface area (Å²) < 4.78 is 13.0. The number of methoxy groups -OCH3 is 1. The van der Waals surface area contributed by atoms with Gasteiger partial charge in [-0.25, -0.2) is 14.5 Å². The normalized spacial score (nSPS) is 11.0. The number of anilines is 1. The molecule has 0 spiro atoms. The molecule has 1 N–H and O–H groups in total. The summed E-state index contributed by atoms with van der Waals surface area (Å²) in [6.45, 7) is 3.97. The molecular weight excluding hydrogens is 430 g/mol. The number of carbonyl (C=O) groups excluding carboxylic acids is 1. The van der Waals surface area contributed by atoms with Gasteiger partial charge in [0.25, 0.3) is 5.91 Å². The van der Waals surface area contributed by atoms with Gasteiger partial charge in [-0.05, 0) is 44.2 Å². The zero-order chi connectivity index (χ0) is 23.7. The number of carbonyl (C=O) groups is 1. The van der Waals surface area contributed by atoms with E-state index in [2.05, 4.69) is 20.4 Å². The molecule has 0 bridgehead atoms. The monoisotopic (exact) mass is 453 g/mol. The molecule has 0 aliphatic rings. The molecule has 0 aliphatic heterocycles. The van der Waals surface area contributed by atoms with Gasteiger partial charge in [0, 0.05) is 28.9 Å². The molecule has 3 aromatic heterocycles. The van der Waals surface area contributed by atoms with Crippen molar-refractivity contribution in [2.45, 2.75) is 20.5 Å². The summed E-state index contributed by atoms with van der Waals surface area (Å²) in [6.07, 6.45) is 0. The number of hydrogen-bond donors (Lipinski definition) is 1. The average Bonchev–Trinajstić information content (AvgIpc) is 3.21. The maximum Gasteiger partial charge on any atom is 0.274 e. The van der Waals surface area contributed by atoms with Gasteiger partial charge in [-0.2, -0.15) is 5.10 Å². The van der Waals surface area contributed by atoms with Crippen molar-refractivity contribution < 1.29 is 14.3 Å². The third-order valence-electron chi connectivity index (χ3n) is 5.36. The van der Waals surface area contributed by atoms with Crippen LogP contribution in [0, 0.1) is 13.8 Å². The molecule has 3 heterocycles. The number of nitrogens with zero attached hydrogens (tertiary/aromatic N) is 4. The molecule has 0 radical (unpaired) electrons. The van der Waals surface area contributed by atoms with Gasteiger partial charge >= 0.3 is 0 Å². The highest BCUT2D eigenvalue weighted by atomic mass is 16.5. The van der Waals surface area contributed by atoms with Gasteiger partial charge in [-0.3, -0.25) is 4.79 Å². The summed E-state index contributed by atoms with van der Waals surface area (Å²) >= 11 is 0. The van der Waals surface area contributed by atoms with E-state index in [1.54, 1.807) is 35.9 Å². The lowest BCUT2D eigenvalue weighted by atomic mass is 10.2. The molecular formula is C26H23N5O3. The van der Waals surface area contributed by atoms with E-state index >= 15 is 0 Å². The van der Waals surface area contributed by atoms with Crippen molar-refractivity contribution in [3.8, 4) is 11.5 Å². The van der Waals surface area contributed by atoms with Crippen LogP contribution in [-0.2, 0) is 6.61 Å². The van der Waals surface area contributed by atoms with Crippen molar-refractivity contribution in [3.05, 3.63) is 89.5 Å². The molecule has 34 heavy (non-hydrogen) atoms. The van der Waals surface area contributed by atoms with Gasteiger partial charge in [0.2, 0.25) is 0 Å². The first-order valence-electron chi connectivity index (χ1n) is 10.8. The van der Waals surface area contributed by atoms with Crippen LogP contribution in [0.4, 0.5) is 5.69 Å². The van der Waals surface area contributed by atoms with Crippen LogP contribution < -0.4 is 14.8 Å². The maximum absolute atomic E-state index is 13.1. The Labute approximate surface area is 196 Å². The Hall–Kier alpha value is -4.46. The van der Waals surface area contributed by atoms with Gasteiger partial charge in [0.1, 0.15) is 12.3 Å². The fraction of sp³-hybridized carbons (Fsp3) is 0.154. The van der Waals surface area contributed by atoms with E-state index in [-0.39, 0.29) is 12.5 Å². The number of para-hydroxylation sites is 1. The predicted octanol–water partition coefficient (Wildman–Crippen LogP) is 4.73. The minimum atomic E-state index is -0.300. The van der Waals surface area contributed by atoms with E-state index in [9.17, 15) is 4.79 Å². The highest BCUT2D eigenvalue weighted by molar-refractivity contribution is 6.03. The summed E-state index contributed by atoms with van der Waals surface area (Å²) in [6, 6.07) is 20.7. The molecule has 0 saturated carbocycles. The van der Waals surface area contributed by atoms with Crippen molar-refractivity contribution in [1.82, 2.24) is 19.6 Å². The number of nitrogens with one attached hydrogen (secondary N) is 1. The number of benzene rings is 2. The largest absolute Gasteiger partial charge is 0.493 e. The average molecular weight is 454 g/mol. The van der Waals surface area contributed by atoms with Crippen molar-refractivity contribution in [1.29, 1.82) is 0 Å². The van der Waals surface area contributed by atoms with Gasteiger partial charge < -0.3 is 14.8 Å². The second-order valence-electron chi connectivity index (χ2n) is 7.94. The van der Waals surface area contributed by atoms with Crippen LogP contribution in [0.25, 0.3) is 16.6 Å². The van der Waals surface area contributed by atoms with Crippen LogP contribution in [-0.4, -0.2) is 32.6 Å². The van der Waals surface area contributed by atoms with Crippen molar-refractivity contribution in [2.24, 2.45) is 0 Å². The Morgan fingerprint density at radius 3 is 2.65 bits per heavy atom. The summed E-state index contributed by atoms with van der Waals surface area (Å²) in [4.78, 5) is 22.2. The first-order valence-corrected chi connectivity index (χ1v) is 10.8. The minimum absolute atomic E-state index is 0.259. The summed E-state index contributed by atoms with van der Waals surface area (Å²) in [5.74, 6) is 0.760. The summed E-state index contributed by atoms with van der Waals surface area (Å²) in [7, 11) is 1.57. The standard InChI is InChI=1S/C26H23N5O3/c1-16-12-22(31-25(27-16)13-17(2)30-31)26(32)29-19-10-11-23(33-3)24(14-19)34-15-20-9-8-18-6-4-5-7-21(18)28-20/h4-14H,15H2,1-3H3,(H,29,32). The topological polar surface area (TPSA) is 90.6 Å². The number of fused-ring (bicyclic) bond motifs is 2. The summed E-state index contributed by atoms with van der Waals surface area (Å²) in [5, 5.41) is 8.38. The molecule has 0 saturated heterocycles. The fourth-order valence-electron chi connectivity index (χ4n) is 3.78. The maximum atomic E-state index is 13.1. The number of ether oxygens (including phenoxy) is 2. The highest BCUT2D eigenvalue weighted by Crippen LogP contribution is 2.31. The molecule has 1 amide bonds. The Balaban J connectivity index is 1.38. The summed E-state index contributed by atoms with van der Waals surface area (Å²) in [5.41, 5.74) is 4.81. The van der Waals surface area contributed by atoms with E-state index in [1.807, 2.05) is 56.3 Å². The molecule has 0 aliphatic carbocycles. The third-order valence-corrected chi connectivity index (χ3v) is 5.36.